The fourth-order valence-electron chi connectivity index (χ4n) is 3.64. The van der Waals surface area contributed by atoms with Crippen LogP contribution in [0.3, 0.4) is 0 Å². The second kappa shape index (κ2) is 8.94. The summed E-state index contributed by atoms with van der Waals surface area (Å²) in [5.41, 5.74) is 1.54. The summed E-state index contributed by atoms with van der Waals surface area (Å²) in [4.78, 5) is 10.6. The number of hydrogen-bond donors (Lipinski definition) is 0. The lowest BCUT2D eigenvalue weighted by atomic mass is 9.98. The van der Waals surface area contributed by atoms with Crippen molar-refractivity contribution in [1.82, 2.24) is 4.31 Å². The second-order valence-electron chi connectivity index (χ2n) is 6.91. The van der Waals surface area contributed by atoms with Crippen LogP contribution in [0.4, 0.5) is 5.69 Å². The second-order valence-corrected chi connectivity index (χ2v) is 8.81. The van der Waals surface area contributed by atoms with Gasteiger partial charge in [0, 0.05) is 36.9 Å². The summed E-state index contributed by atoms with van der Waals surface area (Å²) >= 11 is 0. The van der Waals surface area contributed by atoms with E-state index in [4.69, 9.17) is 14.2 Å². The molecule has 0 amide bonds. The Morgan fingerprint density at radius 1 is 1.06 bits per heavy atom. The van der Waals surface area contributed by atoms with E-state index in [2.05, 4.69) is 0 Å². The molecule has 1 aliphatic heterocycles. The lowest BCUT2D eigenvalue weighted by molar-refractivity contribution is -0.385. The molecule has 1 heterocycles. The highest BCUT2D eigenvalue weighted by Crippen LogP contribution is 2.41. The van der Waals surface area contributed by atoms with Gasteiger partial charge in [0.15, 0.2) is 0 Å². The summed E-state index contributed by atoms with van der Waals surface area (Å²) in [6.07, 6.45) is 2.23. The molecule has 2 aromatic carbocycles. The molecule has 0 saturated carbocycles. The maximum atomic E-state index is 13.2. The average Bonchev–Trinajstić information content (AvgIpc) is 2.77. The molecule has 2 aromatic rings. The van der Waals surface area contributed by atoms with Crippen LogP contribution in [0.5, 0.6) is 17.2 Å². The van der Waals surface area contributed by atoms with E-state index in [0.29, 0.717) is 23.7 Å². The van der Waals surface area contributed by atoms with Gasteiger partial charge in [0.05, 0.1) is 36.7 Å². The van der Waals surface area contributed by atoms with Crippen LogP contribution in [-0.2, 0) is 10.0 Å². The molecule has 9 nitrogen and oxygen atoms in total. The van der Waals surface area contributed by atoms with Gasteiger partial charge in [-0.25, -0.2) is 8.42 Å². The van der Waals surface area contributed by atoms with Gasteiger partial charge in [0.1, 0.15) is 17.2 Å². The van der Waals surface area contributed by atoms with Crippen LogP contribution < -0.4 is 14.2 Å². The molecule has 0 N–H and O–H groups in total. The molecule has 0 aromatic heterocycles. The summed E-state index contributed by atoms with van der Waals surface area (Å²) in [5, 5.41) is 11.2. The van der Waals surface area contributed by atoms with Gasteiger partial charge in [0.25, 0.3) is 5.69 Å². The zero-order chi connectivity index (χ0) is 22.8. The van der Waals surface area contributed by atoms with Gasteiger partial charge < -0.3 is 14.2 Å². The Balaban J connectivity index is 1.96. The van der Waals surface area contributed by atoms with Crippen molar-refractivity contribution in [1.29, 1.82) is 0 Å². The van der Waals surface area contributed by atoms with Crippen molar-refractivity contribution in [2.24, 2.45) is 0 Å². The molecule has 31 heavy (non-hydrogen) atoms. The third-order valence-electron chi connectivity index (χ3n) is 5.28. The highest BCUT2D eigenvalue weighted by Gasteiger charge is 2.31. The van der Waals surface area contributed by atoms with Gasteiger partial charge in [-0.05, 0) is 25.0 Å². The lowest BCUT2D eigenvalue weighted by Gasteiger charge is -2.27. The Kier molecular flexibility index (Phi) is 6.51. The molecule has 0 unspecified atom stereocenters. The predicted octanol–water partition coefficient (Wildman–Crippen LogP) is 3.41. The van der Waals surface area contributed by atoms with Crippen molar-refractivity contribution in [3.05, 3.63) is 57.6 Å². The van der Waals surface area contributed by atoms with E-state index in [1.165, 1.54) is 29.4 Å². The van der Waals surface area contributed by atoms with Crippen LogP contribution in [0, 0.1) is 17.0 Å². The van der Waals surface area contributed by atoms with E-state index < -0.39 is 14.9 Å². The highest BCUT2D eigenvalue weighted by molar-refractivity contribution is 7.89. The Hall–Kier alpha value is -3.11. The van der Waals surface area contributed by atoms with E-state index in [1.807, 2.05) is 0 Å². The lowest BCUT2D eigenvalue weighted by Crippen LogP contribution is -2.35. The number of nitro benzene ring substituents is 1. The Labute approximate surface area is 181 Å². The molecule has 0 atom stereocenters. The maximum Gasteiger partial charge on any atom is 0.273 e. The highest BCUT2D eigenvalue weighted by atomic mass is 32.2. The third kappa shape index (κ3) is 4.21. The van der Waals surface area contributed by atoms with Crippen molar-refractivity contribution in [2.75, 3.05) is 34.4 Å². The minimum atomic E-state index is -3.89. The maximum absolute atomic E-state index is 13.2. The molecule has 0 bridgehead atoms. The molecule has 0 fully saturated rings. The smallest absolute Gasteiger partial charge is 0.273 e. The van der Waals surface area contributed by atoms with Gasteiger partial charge in [-0.2, -0.15) is 4.31 Å². The average molecular weight is 448 g/mol. The Morgan fingerprint density at radius 3 is 2.19 bits per heavy atom. The Morgan fingerprint density at radius 2 is 1.71 bits per heavy atom. The van der Waals surface area contributed by atoms with Crippen LogP contribution in [0.15, 0.2) is 41.3 Å². The molecule has 10 heteroatoms. The van der Waals surface area contributed by atoms with Crippen molar-refractivity contribution in [3.8, 4) is 17.2 Å². The van der Waals surface area contributed by atoms with Crippen molar-refractivity contribution >= 4 is 21.3 Å². The van der Waals surface area contributed by atoms with E-state index in [9.17, 15) is 18.5 Å². The number of methoxy groups -OCH3 is 3. The zero-order valence-electron chi connectivity index (χ0n) is 17.7. The molecule has 0 aliphatic carbocycles. The molecular weight excluding hydrogens is 424 g/mol. The van der Waals surface area contributed by atoms with Crippen LogP contribution >= 0.6 is 0 Å². The number of nitro groups is 1. The fourth-order valence-corrected chi connectivity index (χ4v) is 5.26. The van der Waals surface area contributed by atoms with E-state index in [-0.39, 0.29) is 29.2 Å². The van der Waals surface area contributed by atoms with Gasteiger partial charge in [-0.3, -0.25) is 10.1 Å². The number of nitrogens with zero attached hydrogens (tertiary/aromatic N) is 2. The van der Waals surface area contributed by atoms with Gasteiger partial charge in [-0.1, -0.05) is 12.1 Å². The minimum Gasteiger partial charge on any atom is -0.496 e. The van der Waals surface area contributed by atoms with Gasteiger partial charge in [0.2, 0.25) is 10.0 Å². The van der Waals surface area contributed by atoms with E-state index in [0.717, 1.165) is 11.1 Å². The fraction of sp³-hybridized carbons (Fsp3) is 0.333. The van der Waals surface area contributed by atoms with Crippen LogP contribution in [0.2, 0.25) is 0 Å². The number of hydrogen-bond acceptors (Lipinski definition) is 7. The number of sulfonamides is 1. The summed E-state index contributed by atoms with van der Waals surface area (Å²) in [6.45, 7) is 1.79. The number of benzene rings is 2. The summed E-state index contributed by atoms with van der Waals surface area (Å²) < 4.78 is 43.9. The molecule has 3 rings (SSSR count). The quantitative estimate of drug-likeness (QED) is 0.472. The van der Waals surface area contributed by atoms with Crippen molar-refractivity contribution < 1.29 is 27.6 Å². The predicted molar refractivity (Wildman–Crippen MR) is 115 cm³/mol. The molecular formula is C21H24N2O7S. The zero-order valence-corrected chi connectivity index (χ0v) is 18.6. The van der Waals surface area contributed by atoms with Crippen LogP contribution in [0.25, 0.3) is 5.57 Å². The number of rotatable bonds is 7. The normalized spacial score (nSPS) is 14.6. The monoisotopic (exact) mass is 448 g/mol. The third-order valence-corrected chi connectivity index (χ3v) is 7.29. The first kappa shape index (κ1) is 22.6. The first-order valence-electron chi connectivity index (χ1n) is 9.48. The molecule has 0 saturated heterocycles. The van der Waals surface area contributed by atoms with E-state index in [1.54, 1.807) is 39.5 Å². The van der Waals surface area contributed by atoms with Crippen molar-refractivity contribution in [3.63, 3.8) is 0 Å². The molecule has 1 aliphatic rings. The van der Waals surface area contributed by atoms with Crippen LogP contribution in [0.1, 0.15) is 17.5 Å². The summed E-state index contributed by atoms with van der Waals surface area (Å²) in [7, 11) is 0.743. The summed E-state index contributed by atoms with van der Waals surface area (Å²) in [5.74, 6) is 1.71. The molecule has 0 spiro atoms. The van der Waals surface area contributed by atoms with Gasteiger partial charge >= 0.3 is 0 Å². The van der Waals surface area contributed by atoms with Gasteiger partial charge in [-0.15, -0.1) is 0 Å². The largest absolute Gasteiger partial charge is 0.496 e. The first-order chi connectivity index (χ1) is 14.7. The first-order valence-corrected chi connectivity index (χ1v) is 10.9. The minimum absolute atomic E-state index is 0.0573. The Bertz CT molecular complexity index is 1120. The van der Waals surface area contributed by atoms with E-state index >= 15 is 0 Å². The summed E-state index contributed by atoms with van der Waals surface area (Å²) in [6, 6.07) is 7.57. The standard InChI is InChI=1S/C21H24N2O7S/c1-14-17(23(24)25)6-5-7-20(14)31(26,27)22-10-8-15(9-11-22)21-18(29-3)12-16(28-2)13-19(21)30-4/h5-8,12-13H,9-11H2,1-4H3. The van der Waals surface area contributed by atoms with Crippen molar-refractivity contribution in [2.45, 2.75) is 18.2 Å². The SMILES string of the molecule is COc1cc(OC)c(C2=CCN(S(=O)(=O)c3cccc([N+](=O)[O-])c3C)CC2)c(OC)c1. The topological polar surface area (TPSA) is 108 Å². The molecule has 0 radical (unpaired) electrons. The van der Waals surface area contributed by atoms with Crippen LogP contribution in [-0.4, -0.2) is 52.1 Å². The molecule has 166 valence electrons. The number of ether oxygens (including phenoxy) is 3.